The van der Waals surface area contributed by atoms with E-state index >= 15 is 0 Å². The number of unbranched alkanes of at least 4 members (excludes halogenated alkanes) is 2. The summed E-state index contributed by atoms with van der Waals surface area (Å²) in [6.07, 6.45) is 3.30. The highest BCUT2D eigenvalue weighted by Crippen LogP contribution is 2.14. The second-order valence-corrected chi connectivity index (χ2v) is 2.95. The number of hydrogen-bond donors (Lipinski definition) is 3. The van der Waals surface area contributed by atoms with Gasteiger partial charge in [0.15, 0.2) is 0 Å². The summed E-state index contributed by atoms with van der Waals surface area (Å²) in [5, 5.41) is 15.6. The van der Waals surface area contributed by atoms with Gasteiger partial charge in [-0.1, -0.05) is 19.8 Å². The van der Waals surface area contributed by atoms with Crippen LogP contribution in [0.2, 0.25) is 0 Å². The van der Waals surface area contributed by atoms with E-state index in [-0.39, 0.29) is 0 Å². The summed E-state index contributed by atoms with van der Waals surface area (Å²) in [6.45, 7) is 2.06. The first-order chi connectivity index (χ1) is 4.06. The van der Waals surface area contributed by atoms with E-state index in [0.29, 0.717) is 6.42 Å². The lowest BCUT2D eigenvalue weighted by atomic mass is 10.2. The van der Waals surface area contributed by atoms with E-state index in [0.717, 1.165) is 19.3 Å². The Morgan fingerprint density at radius 2 is 1.89 bits per heavy atom. The van der Waals surface area contributed by atoms with Crippen molar-refractivity contribution in [1.82, 2.24) is 0 Å². The molecule has 56 valence electrons. The Balaban J connectivity index is 3.07. The third-order valence-corrected chi connectivity index (χ3v) is 1.34. The molecule has 0 rings (SSSR count). The Kier molecular flexibility index (Phi) is 4.27. The zero-order chi connectivity index (χ0) is 7.33. The van der Waals surface area contributed by atoms with Gasteiger partial charge in [-0.25, -0.2) is 0 Å². The summed E-state index contributed by atoms with van der Waals surface area (Å²) < 4.78 is 0. The molecule has 2 N–H and O–H groups in total. The molecule has 3 heteroatoms. The van der Waals surface area contributed by atoms with Crippen molar-refractivity contribution in [1.29, 1.82) is 0 Å². The van der Waals surface area contributed by atoms with Gasteiger partial charge in [-0.05, 0) is 6.42 Å². The quantitative estimate of drug-likeness (QED) is 0.319. The van der Waals surface area contributed by atoms with Crippen LogP contribution in [0.15, 0.2) is 0 Å². The lowest BCUT2D eigenvalue weighted by Gasteiger charge is -2.12. The van der Waals surface area contributed by atoms with Gasteiger partial charge in [-0.3, -0.25) is 0 Å². The number of hydrogen-bond acceptors (Lipinski definition) is 3. The van der Waals surface area contributed by atoms with Crippen LogP contribution in [0.1, 0.15) is 32.6 Å². The van der Waals surface area contributed by atoms with Crippen molar-refractivity contribution in [2.75, 3.05) is 0 Å². The maximum atomic E-state index is 8.66. The molecule has 0 spiro atoms. The summed E-state index contributed by atoms with van der Waals surface area (Å²) in [4.78, 5) is 0. The number of rotatable bonds is 4. The summed E-state index contributed by atoms with van der Waals surface area (Å²) in [6, 6.07) is 0. The Bertz CT molecular complexity index is 67.9. The smallest absolute Gasteiger partial charge is 0.210 e. The fraction of sp³-hybridized carbons (Fsp3) is 1.00. The van der Waals surface area contributed by atoms with Crippen molar-refractivity contribution in [3.05, 3.63) is 0 Å². The molecule has 0 aromatic heterocycles. The van der Waals surface area contributed by atoms with Crippen LogP contribution in [-0.2, 0) is 0 Å². The van der Waals surface area contributed by atoms with Gasteiger partial charge in [0.05, 0.1) is 0 Å². The molecule has 9 heavy (non-hydrogen) atoms. The Morgan fingerprint density at radius 3 is 2.22 bits per heavy atom. The van der Waals surface area contributed by atoms with Gasteiger partial charge < -0.3 is 10.2 Å². The molecule has 0 heterocycles. The van der Waals surface area contributed by atoms with E-state index < -0.39 is 5.12 Å². The first-order valence-corrected chi connectivity index (χ1v) is 3.68. The maximum Gasteiger partial charge on any atom is 0.210 e. The zero-order valence-electron chi connectivity index (χ0n) is 5.67. The molecule has 0 aliphatic heterocycles. The van der Waals surface area contributed by atoms with Crippen molar-refractivity contribution in [2.45, 2.75) is 37.7 Å². The second-order valence-electron chi connectivity index (χ2n) is 2.23. The zero-order valence-corrected chi connectivity index (χ0v) is 6.56. The number of thiol groups is 1. The highest BCUT2D eigenvalue weighted by atomic mass is 32.1. The molecule has 0 atom stereocenters. The van der Waals surface area contributed by atoms with E-state index in [4.69, 9.17) is 10.2 Å². The molecule has 0 aromatic carbocycles. The van der Waals surface area contributed by atoms with Gasteiger partial charge in [0.2, 0.25) is 5.12 Å². The van der Waals surface area contributed by atoms with Crippen LogP contribution in [0.5, 0.6) is 0 Å². The molecular weight excluding hydrogens is 136 g/mol. The molecule has 0 bridgehead atoms. The first kappa shape index (κ1) is 9.27. The van der Waals surface area contributed by atoms with Crippen molar-refractivity contribution in [3.8, 4) is 0 Å². The predicted molar refractivity (Wildman–Crippen MR) is 40.3 cm³/mol. The predicted octanol–water partition coefficient (Wildman–Crippen LogP) is 1.13. The second kappa shape index (κ2) is 4.14. The van der Waals surface area contributed by atoms with Gasteiger partial charge in [0, 0.05) is 6.42 Å². The Morgan fingerprint density at radius 1 is 1.33 bits per heavy atom. The van der Waals surface area contributed by atoms with Crippen LogP contribution in [0.3, 0.4) is 0 Å². The minimum atomic E-state index is -1.75. The molecule has 0 unspecified atom stereocenters. The fourth-order valence-electron chi connectivity index (χ4n) is 0.612. The Hall–Kier alpha value is 0.270. The van der Waals surface area contributed by atoms with Crippen LogP contribution in [0.4, 0.5) is 0 Å². The van der Waals surface area contributed by atoms with Gasteiger partial charge in [-0.2, -0.15) is 0 Å². The minimum absolute atomic E-state index is 0.351. The van der Waals surface area contributed by atoms with E-state index in [9.17, 15) is 0 Å². The molecule has 0 saturated heterocycles. The van der Waals surface area contributed by atoms with E-state index in [1.165, 1.54) is 0 Å². The minimum Gasteiger partial charge on any atom is -0.357 e. The van der Waals surface area contributed by atoms with Gasteiger partial charge in [-0.15, -0.1) is 12.6 Å². The normalized spacial score (nSPS) is 12.0. The van der Waals surface area contributed by atoms with E-state index in [1.807, 2.05) is 0 Å². The van der Waals surface area contributed by atoms with Crippen LogP contribution < -0.4 is 0 Å². The fourth-order valence-corrected chi connectivity index (χ4v) is 0.770. The average Bonchev–Trinajstić information content (AvgIpc) is 1.63. The van der Waals surface area contributed by atoms with Crippen LogP contribution in [-0.4, -0.2) is 15.3 Å². The molecular formula is C6H14O2S. The molecule has 0 radical (unpaired) electrons. The lowest BCUT2D eigenvalue weighted by Crippen LogP contribution is -2.18. The number of aliphatic hydroxyl groups is 2. The standard InChI is InChI=1S/C6H14O2S/c1-2-3-4-5-6(7,8)9/h7-9H,2-5H2,1H3. The third-order valence-electron chi connectivity index (χ3n) is 1.12. The summed E-state index contributed by atoms with van der Waals surface area (Å²) in [5.41, 5.74) is 0. The van der Waals surface area contributed by atoms with Crippen molar-refractivity contribution < 1.29 is 10.2 Å². The summed E-state index contributed by atoms with van der Waals surface area (Å²) in [7, 11) is 0. The molecule has 0 fully saturated rings. The largest absolute Gasteiger partial charge is 0.357 e. The average molecular weight is 150 g/mol. The van der Waals surface area contributed by atoms with Gasteiger partial charge in [0.1, 0.15) is 0 Å². The van der Waals surface area contributed by atoms with Crippen LogP contribution in [0.25, 0.3) is 0 Å². The highest BCUT2D eigenvalue weighted by Gasteiger charge is 2.14. The topological polar surface area (TPSA) is 40.5 Å². The molecule has 0 aliphatic rings. The van der Waals surface area contributed by atoms with Crippen molar-refractivity contribution in [2.24, 2.45) is 0 Å². The Labute approximate surface area is 61.3 Å². The SMILES string of the molecule is CCCCCC(O)(O)S. The molecule has 2 nitrogen and oxygen atoms in total. The third kappa shape index (κ3) is 8.27. The van der Waals surface area contributed by atoms with Crippen LogP contribution in [0, 0.1) is 0 Å². The van der Waals surface area contributed by atoms with Gasteiger partial charge in [0.25, 0.3) is 0 Å². The molecule has 0 amide bonds. The van der Waals surface area contributed by atoms with Crippen molar-refractivity contribution >= 4 is 12.6 Å². The van der Waals surface area contributed by atoms with E-state index in [1.54, 1.807) is 0 Å². The lowest BCUT2D eigenvalue weighted by molar-refractivity contribution is -0.0803. The summed E-state index contributed by atoms with van der Waals surface area (Å²) >= 11 is 3.54. The summed E-state index contributed by atoms with van der Waals surface area (Å²) in [5.74, 6) is 0. The first-order valence-electron chi connectivity index (χ1n) is 3.23. The van der Waals surface area contributed by atoms with Gasteiger partial charge >= 0.3 is 0 Å². The van der Waals surface area contributed by atoms with Crippen molar-refractivity contribution in [3.63, 3.8) is 0 Å². The molecule has 0 saturated carbocycles. The maximum absolute atomic E-state index is 8.66. The molecule has 0 aliphatic carbocycles. The van der Waals surface area contributed by atoms with E-state index in [2.05, 4.69) is 19.6 Å². The highest BCUT2D eigenvalue weighted by molar-refractivity contribution is 7.81. The monoisotopic (exact) mass is 150 g/mol. The molecule has 0 aromatic rings. The van der Waals surface area contributed by atoms with Crippen LogP contribution >= 0.6 is 12.6 Å².